The molecule has 2 N–H and O–H groups in total. The van der Waals surface area contributed by atoms with Gasteiger partial charge in [0, 0.05) is 22.0 Å². The van der Waals surface area contributed by atoms with Crippen LogP contribution in [-0.2, 0) is 9.59 Å². The van der Waals surface area contributed by atoms with Crippen LogP contribution in [0, 0.1) is 5.92 Å². The van der Waals surface area contributed by atoms with Gasteiger partial charge in [-0.3, -0.25) is 9.79 Å². The molecule has 1 aromatic carbocycles. The molecule has 0 fully saturated rings. The lowest BCUT2D eigenvalue weighted by Gasteiger charge is -2.30. The number of hydrogen-bond donors (Lipinski definition) is 2. The first-order valence-corrected chi connectivity index (χ1v) is 9.68. The Bertz CT molecular complexity index is 942. The summed E-state index contributed by atoms with van der Waals surface area (Å²) in [6, 6.07) is 7.71. The van der Waals surface area contributed by atoms with E-state index in [1.54, 1.807) is 25.2 Å². The minimum Gasteiger partial charge on any atom is -0.481 e. The van der Waals surface area contributed by atoms with Crippen molar-refractivity contribution in [2.45, 2.75) is 24.0 Å². The van der Waals surface area contributed by atoms with Crippen LogP contribution in [0.15, 0.2) is 44.7 Å². The van der Waals surface area contributed by atoms with Crippen LogP contribution in [0.5, 0.6) is 0 Å². The molecule has 0 aliphatic carbocycles. The summed E-state index contributed by atoms with van der Waals surface area (Å²) in [5.41, 5.74) is 1.65. The van der Waals surface area contributed by atoms with Gasteiger partial charge in [-0.1, -0.05) is 18.2 Å². The van der Waals surface area contributed by atoms with Crippen molar-refractivity contribution >= 4 is 50.8 Å². The molecule has 0 bridgehead atoms. The summed E-state index contributed by atoms with van der Waals surface area (Å²) in [4.78, 5) is 28.2. The maximum Gasteiger partial charge on any atom is 0.334 e. The second-order valence-corrected chi connectivity index (χ2v) is 7.98. The Kier molecular flexibility index (Phi) is 4.71. The first-order valence-electron chi connectivity index (χ1n) is 7.64. The molecule has 2 unspecified atom stereocenters. The van der Waals surface area contributed by atoms with E-state index in [9.17, 15) is 19.8 Å². The Labute approximate surface area is 153 Å². The van der Waals surface area contributed by atoms with Gasteiger partial charge in [-0.25, -0.2) is 4.79 Å². The lowest BCUT2D eigenvalue weighted by atomic mass is 9.75. The lowest BCUT2D eigenvalue weighted by Crippen LogP contribution is -2.35. The van der Waals surface area contributed by atoms with Crippen molar-refractivity contribution in [3.05, 3.63) is 41.1 Å². The topological polar surface area (TPSA) is 87.0 Å². The SMILES string of the molecule is CSc1sc2ccccc2c1C1C(C(=O)O)=C(C)N=C(C)C1C(=O)O. The van der Waals surface area contributed by atoms with Crippen molar-refractivity contribution in [2.24, 2.45) is 10.9 Å². The number of carboxylic acids is 2. The van der Waals surface area contributed by atoms with Gasteiger partial charge >= 0.3 is 11.9 Å². The van der Waals surface area contributed by atoms with Crippen molar-refractivity contribution in [3.63, 3.8) is 0 Å². The van der Waals surface area contributed by atoms with Gasteiger partial charge in [0.25, 0.3) is 0 Å². The van der Waals surface area contributed by atoms with E-state index in [2.05, 4.69) is 4.99 Å². The van der Waals surface area contributed by atoms with Gasteiger partial charge in [0.2, 0.25) is 0 Å². The van der Waals surface area contributed by atoms with Crippen molar-refractivity contribution < 1.29 is 19.8 Å². The molecule has 5 nitrogen and oxygen atoms in total. The predicted molar refractivity (Wildman–Crippen MR) is 101 cm³/mol. The zero-order chi connectivity index (χ0) is 18.3. The first kappa shape index (κ1) is 17.7. The second kappa shape index (κ2) is 6.65. The number of aliphatic carboxylic acids is 2. The molecule has 0 saturated carbocycles. The highest BCUT2D eigenvalue weighted by Gasteiger charge is 2.43. The summed E-state index contributed by atoms with van der Waals surface area (Å²) in [5.74, 6) is -3.92. The average molecular weight is 375 g/mol. The minimum absolute atomic E-state index is 0.0665. The van der Waals surface area contributed by atoms with Crippen LogP contribution in [0.4, 0.5) is 0 Å². The van der Waals surface area contributed by atoms with Crippen LogP contribution >= 0.6 is 23.1 Å². The third kappa shape index (κ3) is 2.87. The highest BCUT2D eigenvalue weighted by molar-refractivity contribution is 8.00. The molecule has 3 rings (SSSR count). The quantitative estimate of drug-likeness (QED) is 0.781. The Morgan fingerprint density at radius 1 is 1.20 bits per heavy atom. The van der Waals surface area contributed by atoms with Gasteiger partial charge in [-0.2, -0.15) is 0 Å². The standard InChI is InChI=1S/C18H17NO4S2/c1-8-12(16(20)21)15(13(17(22)23)9(2)19-8)14-10-6-4-5-7-11(10)25-18(14)24-3/h4-7,12,15H,1-3H3,(H,20,21)(H,22,23). The molecule has 130 valence electrons. The molecular weight excluding hydrogens is 358 g/mol. The molecule has 1 aliphatic rings. The van der Waals surface area contributed by atoms with E-state index in [1.807, 2.05) is 30.5 Å². The Hall–Kier alpha value is -2.12. The number of allylic oxidation sites excluding steroid dienone is 1. The van der Waals surface area contributed by atoms with Crippen molar-refractivity contribution in [1.82, 2.24) is 0 Å². The Morgan fingerprint density at radius 3 is 2.48 bits per heavy atom. The average Bonchev–Trinajstić information content (AvgIpc) is 2.91. The molecule has 2 heterocycles. The number of nitrogens with zero attached hydrogens (tertiary/aromatic N) is 1. The number of hydrogen-bond acceptors (Lipinski definition) is 5. The maximum atomic E-state index is 12.0. The van der Waals surface area contributed by atoms with Crippen LogP contribution < -0.4 is 0 Å². The summed E-state index contributed by atoms with van der Waals surface area (Å²) >= 11 is 3.08. The Balaban J connectivity index is 2.37. The van der Waals surface area contributed by atoms with E-state index in [1.165, 1.54) is 11.8 Å². The smallest absolute Gasteiger partial charge is 0.334 e. The number of benzene rings is 1. The van der Waals surface area contributed by atoms with Crippen LogP contribution in [-0.4, -0.2) is 34.1 Å². The molecule has 1 aromatic heterocycles. The molecule has 25 heavy (non-hydrogen) atoms. The molecular formula is C18H17NO4S2. The van der Waals surface area contributed by atoms with E-state index < -0.39 is 23.8 Å². The number of thiophene rings is 1. The van der Waals surface area contributed by atoms with E-state index in [0.29, 0.717) is 11.4 Å². The molecule has 0 saturated heterocycles. The zero-order valence-electron chi connectivity index (χ0n) is 13.9. The highest BCUT2D eigenvalue weighted by Crippen LogP contribution is 2.48. The molecule has 0 spiro atoms. The van der Waals surface area contributed by atoms with Gasteiger partial charge < -0.3 is 10.2 Å². The van der Waals surface area contributed by atoms with Gasteiger partial charge in [0.15, 0.2) is 0 Å². The second-order valence-electron chi connectivity index (χ2n) is 5.85. The summed E-state index contributed by atoms with van der Waals surface area (Å²) in [6.45, 7) is 3.28. The number of carbonyl (C=O) groups is 2. The van der Waals surface area contributed by atoms with Crippen LogP contribution in [0.1, 0.15) is 25.3 Å². The Morgan fingerprint density at radius 2 is 1.88 bits per heavy atom. The fourth-order valence-corrected chi connectivity index (χ4v) is 5.48. The van der Waals surface area contributed by atoms with E-state index in [4.69, 9.17) is 0 Å². The number of carboxylic acid groups (broad SMARTS) is 2. The summed E-state index contributed by atoms with van der Waals surface area (Å²) in [6.07, 6.45) is 1.92. The minimum atomic E-state index is -1.12. The normalized spacial score (nSPS) is 20.7. The molecule has 0 radical (unpaired) electrons. The molecule has 0 amide bonds. The van der Waals surface area contributed by atoms with Crippen LogP contribution in [0.25, 0.3) is 10.1 Å². The first-order chi connectivity index (χ1) is 11.9. The highest BCUT2D eigenvalue weighted by atomic mass is 32.2. The fraction of sp³-hybridized carbons (Fsp3) is 0.278. The van der Waals surface area contributed by atoms with Gasteiger partial charge in [-0.05, 0) is 37.1 Å². The summed E-state index contributed by atoms with van der Waals surface area (Å²) in [7, 11) is 0. The van der Waals surface area contributed by atoms with Crippen LogP contribution in [0.2, 0.25) is 0 Å². The fourth-order valence-electron chi connectivity index (χ4n) is 3.44. The number of thioether (sulfide) groups is 1. The van der Waals surface area contributed by atoms with E-state index in [0.717, 1.165) is 19.9 Å². The third-order valence-corrected chi connectivity index (χ3v) is 6.74. The lowest BCUT2D eigenvalue weighted by molar-refractivity contribution is -0.140. The summed E-state index contributed by atoms with van der Waals surface area (Å²) in [5, 5.41) is 20.5. The number of aliphatic imine (C=N–C) groups is 1. The maximum absolute atomic E-state index is 12.0. The largest absolute Gasteiger partial charge is 0.481 e. The molecule has 1 aliphatic heterocycles. The monoisotopic (exact) mass is 375 g/mol. The van der Waals surface area contributed by atoms with Crippen molar-refractivity contribution in [1.29, 1.82) is 0 Å². The number of rotatable bonds is 4. The van der Waals surface area contributed by atoms with Crippen molar-refractivity contribution in [3.8, 4) is 0 Å². The van der Waals surface area contributed by atoms with Gasteiger partial charge in [-0.15, -0.1) is 23.1 Å². The predicted octanol–water partition coefficient (Wildman–Crippen LogP) is 4.24. The molecule has 2 atom stereocenters. The molecule has 7 heteroatoms. The van der Waals surface area contributed by atoms with Crippen molar-refractivity contribution in [2.75, 3.05) is 6.26 Å². The summed E-state index contributed by atoms with van der Waals surface area (Å²) < 4.78 is 1.97. The zero-order valence-corrected chi connectivity index (χ0v) is 15.6. The van der Waals surface area contributed by atoms with E-state index in [-0.39, 0.29) is 5.57 Å². The van der Waals surface area contributed by atoms with E-state index >= 15 is 0 Å². The van der Waals surface area contributed by atoms with Gasteiger partial charge in [0.05, 0.1) is 9.78 Å². The van der Waals surface area contributed by atoms with Gasteiger partial charge in [0.1, 0.15) is 5.92 Å². The number of fused-ring (bicyclic) bond motifs is 1. The third-order valence-electron chi connectivity index (χ3n) is 4.42. The van der Waals surface area contributed by atoms with Crippen LogP contribution in [0.3, 0.4) is 0 Å². The molecule has 2 aromatic rings.